The molecule has 0 aliphatic carbocycles. The van der Waals surface area contributed by atoms with Crippen molar-refractivity contribution in [1.82, 2.24) is 9.55 Å². The van der Waals surface area contributed by atoms with E-state index in [1.807, 2.05) is 6.92 Å². The third-order valence-corrected chi connectivity index (χ3v) is 3.91. The quantitative estimate of drug-likeness (QED) is 0.839. The van der Waals surface area contributed by atoms with E-state index in [2.05, 4.69) is 66.0 Å². The van der Waals surface area contributed by atoms with Crippen molar-refractivity contribution in [3.05, 3.63) is 62.2 Å². The molecule has 1 aromatic heterocycles. The predicted octanol–water partition coefficient (Wildman–Crippen LogP) is 3.66. The summed E-state index contributed by atoms with van der Waals surface area (Å²) in [4.78, 5) is 16.3. The molecule has 0 radical (unpaired) electrons. The van der Waals surface area contributed by atoms with Crippen molar-refractivity contribution in [1.29, 1.82) is 0 Å². The van der Waals surface area contributed by atoms with Crippen LogP contribution in [0.1, 0.15) is 37.7 Å². The fourth-order valence-corrected chi connectivity index (χ4v) is 2.35. The molecule has 2 aromatic rings. The average molecular weight is 335 g/mol. The number of aryl methyl sites for hydroxylation is 1. The summed E-state index contributed by atoms with van der Waals surface area (Å²) in [5.41, 5.74) is 2.49. The topological polar surface area (TPSA) is 34.9 Å². The van der Waals surface area contributed by atoms with Gasteiger partial charge in [0, 0.05) is 6.20 Å². The molecule has 1 heterocycles. The third-order valence-electron chi connectivity index (χ3n) is 3.37. The SMILES string of the molecule is Cc1ncc(Br)c(=O)n1Cc1ccc(C(C)(C)C)cc1. The van der Waals surface area contributed by atoms with Gasteiger partial charge < -0.3 is 0 Å². The first-order valence-electron chi connectivity index (χ1n) is 6.60. The normalized spacial score (nSPS) is 11.7. The number of aromatic nitrogens is 2. The lowest BCUT2D eigenvalue weighted by molar-refractivity contribution is 0.589. The van der Waals surface area contributed by atoms with Crippen LogP contribution in [0.4, 0.5) is 0 Å². The van der Waals surface area contributed by atoms with E-state index in [0.29, 0.717) is 11.0 Å². The molecule has 2 rings (SSSR count). The lowest BCUT2D eigenvalue weighted by atomic mass is 9.87. The zero-order chi connectivity index (χ0) is 14.9. The van der Waals surface area contributed by atoms with Gasteiger partial charge in [0.05, 0.1) is 6.54 Å². The maximum Gasteiger partial charge on any atom is 0.268 e. The second-order valence-electron chi connectivity index (χ2n) is 5.99. The Morgan fingerprint density at radius 2 is 1.80 bits per heavy atom. The van der Waals surface area contributed by atoms with Gasteiger partial charge in [0.1, 0.15) is 10.3 Å². The van der Waals surface area contributed by atoms with Crippen LogP contribution in [0.15, 0.2) is 39.7 Å². The number of hydrogen-bond donors (Lipinski definition) is 0. The molecule has 0 aliphatic heterocycles. The summed E-state index contributed by atoms with van der Waals surface area (Å²) in [7, 11) is 0. The maximum atomic E-state index is 12.1. The third kappa shape index (κ3) is 3.18. The van der Waals surface area contributed by atoms with E-state index >= 15 is 0 Å². The highest BCUT2D eigenvalue weighted by molar-refractivity contribution is 9.10. The summed E-state index contributed by atoms with van der Waals surface area (Å²) in [5, 5.41) is 0. The van der Waals surface area contributed by atoms with E-state index in [0.717, 1.165) is 11.4 Å². The van der Waals surface area contributed by atoms with Crippen LogP contribution in [0.2, 0.25) is 0 Å². The first-order valence-corrected chi connectivity index (χ1v) is 7.39. The molecule has 0 amide bonds. The largest absolute Gasteiger partial charge is 0.291 e. The van der Waals surface area contributed by atoms with Crippen molar-refractivity contribution in [2.24, 2.45) is 0 Å². The molecule has 4 heteroatoms. The lowest BCUT2D eigenvalue weighted by Crippen LogP contribution is -2.24. The van der Waals surface area contributed by atoms with Crippen molar-refractivity contribution in [2.45, 2.75) is 39.7 Å². The summed E-state index contributed by atoms with van der Waals surface area (Å²) in [5.74, 6) is 0.720. The van der Waals surface area contributed by atoms with Crippen molar-refractivity contribution in [2.75, 3.05) is 0 Å². The van der Waals surface area contributed by atoms with Gasteiger partial charge in [0.25, 0.3) is 5.56 Å². The van der Waals surface area contributed by atoms with Crippen LogP contribution >= 0.6 is 15.9 Å². The van der Waals surface area contributed by atoms with E-state index in [1.54, 1.807) is 10.8 Å². The van der Waals surface area contributed by atoms with Crippen LogP contribution in [-0.4, -0.2) is 9.55 Å². The zero-order valence-corrected chi connectivity index (χ0v) is 13.9. The molecule has 0 aliphatic rings. The first kappa shape index (κ1) is 15.0. The summed E-state index contributed by atoms with van der Waals surface area (Å²) in [6.07, 6.45) is 1.55. The first-order chi connectivity index (χ1) is 9.29. The van der Waals surface area contributed by atoms with Crippen LogP contribution in [0.5, 0.6) is 0 Å². The molecule has 0 atom stereocenters. The Labute approximate surface area is 127 Å². The lowest BCUT2D eigenvalue weighted by Gasteiger charge is -2.19. The number of hydrogen-bond acceptors (Lipinski definition) is 2. The highest BCUT2D eigenvalue weighted by Crippen LogP contribution is 2.22. The summed E-state index contributed by atoms with van der Waals surface area (Å²) in [6.45, 7) is 8.96. The molecule has 0 fully saturated rings. The number of nitrogens with zero attached hydrogens (tertiary/aromatic N) is 2. The number of benzene rings is 1. The van der Waals surface area contributed by atoms with Crippen LogP contribution in [0.25, 0.3) is 0 Å². The molecular weight excluding hydrogens is 316 g/mol. The van der Waals surface area contributed by atoms with Crippen LogP contribution in [-0.2, 0) is 12.0 Å². The minimum Gasteiger partial charge on any atom is -0.291 e. The maximum absolute atomic E-state index is 12.1. The van der Waals surface area contributed by atoms with Gasteiger partial charge >= 0.3 is 0 Å². The highest BCUT2D eigenvalue weighted by Gasteiger charge is 2.13. The second-order valence-corrected chi connectivity index (χ2v) is 6.85. The van der Waals surface area contributed by atoms with E-state index in [9.17, 15) is 4.79 Å². The van der Waals surface area contributed by atoms with Gasteiger partial charge in [-0.2, -0.15) is 0 Å². The van der Waals surface area contributed by atoms with Crippen LogP contribution in [0, 0.1) is 6.92 Å². The van der Waals surface area contributed by atoms with Gasteiger partial charge in [0.2, 0.25) is 0 Å². The molecule has 1 aromatic carbocycles. The standard InChI is InChI=1S/C16H19BrN2O/c1-11-18-9-14(17)15(20)19(11)10-12-5-7-13(8-6-12)16(2,3)4/h5-9H,10H2,1-4H3. The van der Waals surface area contributed by atoms with E-state index in [-0.39, 0.29) is 11.0 Å². The second kappa shape index (κ2) is 5.52. The molecule has 0 spiro atoms. The molecular formula is C16H19BrN2O. The Hall–Kier alpha value is -1.42. The number of halogens is 1. The van der Waals surface area contributed by atoms with Gasteiger partial charge in [-0.3, -0.25) is 9.36 Å². The Bertz CT molecular complexity index is 666. The van der Waals surface area contributed by atoms with Crippen LogP contribution in [0.3, 0.4) is 0 Å². The minimum absolute atomic E-state index is 0.0441. The number of rotatable bonds is 2. The Balaban J connectivity index is 2.32. The van der Waals surface area contributed by atoms with Gasteiger partial charge in [-0.25, -0.2) is 4.98 Å². The molecule has 0 bridgehead atoms. The molecule has 106 valence electrons. The Kier molecular flexibility index (Phi) is 4.14. The zero-order valence-electron chi connectivity index (χ0n) is 12.3. The minimum atomic E-state index is -0.0441. The van der Waals surface area contributed by atoms with Crippen molar-refractivity contribution >= 4 is 15.9 Å². The molecule has 3 nitrogen and oxygen atoms in total. The Morgan fingerprint density at radius 3 is 2.35 bits per heavy atom. The van der Waals surface area contributed by atoms with Crippen molar-refractivity contribution < 1.29 is 0 Å². The summed E-state index contributed by atoms with van der Waals surface area (Å²) in [6, 6.07) is 8.41. The molecule has 0 saturated carbocycles. The Morgan fingerprint density at radius 1 is 1.20 bits per heavy atom. The summed E-state index contributed by atoms with van der Waals surface area (Å²) >= 11 is 3.24. The molecule has 0 saturated heterocycles. The average Bonchev–Trinajstić information content (AvgIpc) is 2.39. The monoisotopic (exact) mass is 334 g/mol. The van der Waals surface area contributed by atoms with E-state index in [1.165, 1.54) is 5.56 Å². The van der Waals surface area contributed by atoms with Gasteiger partial charge in [0.15, 0.2) is 0 Å². The van der Waals surface area contributed by atoms with Crippen molar-refractivity contribution in [3.63, 3.8) is 0 Å². The van der Waals surface area contributed by atoms with E-state index in [4.69, 9.17) is 0 Å². The smallest absolute Gasteiger partial charge is 0.268 e. The van der Waals surface area contributed by atoms with E-state index < -0.39 is 0 Å². The molecule has 20 heavy (non-hydrogen) atoms. The van der Waals surface area contributed by atoms with Crippen LogP contribution < -0.4 is 5.56 Å². The van der Waals surface area contributed by atoms with Gasteiger partial charge in [-0.15, -0.1) is 0 Å². The molecule has 0 unspecified atom stereocenters. The summed E-state index contributed by atoms with van der Waals surface area (Å²) < 4.78 is 2.17. The van der Waals surface area contributed by atoms with Gasteiger partial charge in [-0.05, 0) is 39.4 Å². The highest BCUT2D eigenvalue weighted by atomic mass is 79.9. The fourth-order valence-electron chi connectivity index (χ4n) is 2.03. The molecule has 0 N–H and O–H groups in total. The predicted molar refractivity (Wildman–Crippen MR) is 85.2 cm³/mol. The van der Waals surface area contributed by atoms with Crippen molar-refractivity contribution in [3.8, 4) is 0 Å². The van der Waals surface area contributed by atoms with Gasteiger partial charge in [-0.1, -0.05) is 45.0 Å². The fraction of sp³-hybridized carbons (Fsp3) is 0.375.